The van der Waals surface area contributed by atoms with E-state index in [4.69, 9.17) is 14.5 Å². The van der Waals surface area contributed by atoms with Crippen LogP contribution in [0.2, 0.25) is 0 Å². The number of rotatable bonds is 4. The van der Waals surface area contributed by atoms with Crippen molar-refractivity contribution in [3.05, 3.63) is 42.5 Å². The number of ether oxygens (including phenoxy) is 2. The van der Waals surface area contributed by atoms with Crippen LogP contribution >= 0.6 is 0 Å². The third-order valence-electron chi connectivity index (χ3n) is 5.25. The van der Waals surface area contributed by atoms with E-state index in [-0.39, 0.29) is 6.03 Å². The number of hydrogen-bond donors (Lipinski definition) is 1. The second-order valence-electron chi connectivity index (χ2n) is 6.93. The summed E-state index contributed by atoms with van der Waals surface area (Å²) in [5, 5.41) is 2.94. The molecule has 3 aromatic rings. The van der Waals surface area contributed by atoms with Crippen molar-refractivity contribution in [2.75, 3.05) is 50.6 Å². The van der Waals surface area contributed by atoms with Crippen molar-refractivity contribution in [2.24, 2.45) is 7.05 Å². The van der Waals surface area contributed by atoms with E-state index in [1.807, 2.05) is 30.1 Å². The number of aryl methyl sites for hydroxylation is 1. The minimum Gasteiger partial charge on any atom is -0.493 e. The molecule has 1 aromatic heterocycles. The maximum Gasteiger partial charge on any atom is 0.321 e. The Bertz CT molecular complexity index is 1020. The number of carbonyl (C=O) groups is 1. The number of piperazine rings is 1. The molecule has 1 aliphatic rings. The molecule has 152 valence electrons. The maximum atomic E-state index is 12.7. The third-order valence-corrected chi connectivity index (χ3v) is 5.25. The number of fused-ring (bicyclic) bond motifs is 1. The van der Waals surface area contributed by atoms with Gasteiger partial charge in [0, 0.05) is 45.0 Å². The number of para-hydroxylation sites is 2. The minimum atomic E-state index is -0.123. The summed E-state index contributed by atoms with van der Waals surface area (Å²) in [6.07, 6.45) is 0. The van der Waals surface area contributed by atoms with Crippen LogP contribution in [0, 0.1) is 0 Å². The van der Waals surface area contributed by atoms with Gasteiger partial charge in [-0.15, -0.1) is 0 Å². The third kappa shape index (κ3) is 3.65. The van der Waals surface area contributed by atoms with Gasteiger partial charge >= 0.3 is 6.03 Å². The minimum absolute atomic E-state index is 0.123. The number of nitrogens with one attached hydrogen (secondary N) is 1. The summed E-state index contributed by atoms with van der Waals surface area (Å²) < 4.78 is 12.6. The summed E-state index contributed by atoms with van der Waals surface area (Å²) in [7, 11) is 5.19. The molecule has 1 N–H and O–H groups in total. The summed E-state index contributed by atoms with van der Waals surface area (Å²) in [6.45, 7) is 2.72. The Labute approximate surface area is 169 Å². The van der Waals surface area contributed by atoms with Gasteiger partial charge in [0.15, 0.2) is 11.5 Å². The van der Waals surface area contributed by atoms with Gasteiger partial charge in [0.25, 0.3) is 0 Å². The van der Waals surface area contributed by atoms with Crippen LogP contribution in [-0.4, -0.2) is 60.9 Å². The predicted octanol–water partition coefficient (Wildman–Crippen LogP) is 2.94. The number of carbonyl (C=O) groups excluding carboxylic acids is 1. The zero-order valence-electron chi connectivity index (χ0n) is 16.9. The number of hydrogen-bond acceptors (Lipinski definition) is 5. The second kappa shape index (κ2) is 7.90. The quantitative estimate of drug-likeness (QED) is 0.735. The molecule has 29 heavy (non-hydrogen) atoms. The Morgan fingerprint density at radius 2 is 1.72 bits per heavy atom. The zero-order valence-corrected chi connectivity index (χ0v) is 16.9. The highest BCUT2D eigenvalue weighted by molar-refractivity contribution is 5.90. The molecule has 8 nitrogen and oxygen atoms in total. The van der Waals surface area contributed by atoms with E-state index in [0.717, 1.165) is 30.1 Å². The summed E-state index contributed by atoms with van der Waals surface area (Å²) in [5.74, 6) is 2.14. The normalized spacial score (nSPS) is 14.2. The van der Waals surface area contributed by atoms with Gasteiger partial charge in [-0.3, -0.25) is 0 Å². The largest absolute Gasteiger partial charge is 0.493 e. The van der Waals surface area contributed by atoms with Gasteiger partial charge in [-0.2, -0.15) is 0 Å². The topological polar surface area (TPSA) is 71.9 Å². The molecule has 2 aromatic carbocycles. The highest BCUT2D eigenvalue weighted by Gasteiger charge is 2.24. The van der Waals surface area contributed by atoms with E-state index in [1.54, 1.807) is 32.4 Å². The Balaban J connectivity index is 1.40. The number of aromatic nitrogens is 2. The van der Waals surface area contributed by atoms with Crippen LogP contribution in [0.5, 0.6) is 11.5 Å². The van der Waals surface area contributed by atoms with E-state index in [0.29, 0.717) is 30.3 Å². The van der Waals surface area contributed by atoms with Crippen LogP contribution in [0.15, 0.2) is 42.5 Å². The van der Waals surface area contributed by atoms with Gasteiger partial charge < -0.3 is 29.2 Å². The van der Waals surface area contributed by atoms with E-state index in [1.165, 1.54) is 0 Å². The van der Waals surface area contributed by atoms with E-state index < -0.39 is 0 Å². The van der Waals surface area contributed by atoms with E-state index in [2.05, 4.69) is 20.9 Å². The summed E-state index contributed by atoms with van der Waals surface area (Å²) in [4.78, 5) is 21.5. The molecule has 0 unspecified atom stereocenters. The molecule has 0 spiro atoms. The Morgan fingerprint density at radius 1 is 1.00 bits per heavy atom. The molecular formula is C21H25N5O3. The highest BCUT2D eigenvalue weighted by atomic mass is 16.5. The molecule has 8 heteroatoms. The average Bonchev–Trinajstić information content (AvgIpc) is 3.10. The van der Waals surface area contributed by atoms with Crippen molar-refractivity contribution in [1.82, 2.24) is 14.5 Å². The number of methoxy groups -OCH3 is 2. The fraction of sp³-hybridized carbons (Fsp3) is 0.333. The lowest BCUT2D eigenvalue weighted by molar-refractivity contribution is 0.208. The lowest BCUT2D eigenvalue weighted by Crippen LogP contribution is -2.50. The summed E-state index contributed by atoms with van der Waals surface area (Å²) in [5.41, 5.74) is 2.76. The predicted molar refractivity (Wildman–Crippen MR) is 113 cm³/mol. The number of nitrogens with zero attached hydrogens (tertiary/aromatic N) is 4. The molecule has 1 saturated heterocycles. The summed E-state index contributed by atoms with van der Waals surface area (Å²) in [6, 6.07) is 13.3. The average molecular weight is 395 g/mol. The van der Waals surface area contributed by atoms with Gasteiger partial charge in [0.2, 0.25) is 5.95 Å². The molecule has 0 aliphatic carbocycles. The molecule has 0 bridgehead atoms. The number of urea groups is 1. The van der Waals surface area contributed by atoms with Crippen LogP contribution in [0.3, 0.4) is 0 Å². The summed E-state index contributed by atoms with van der Waals surface area (Å²) >= 11 is 0. The van der Waals surface area contributed by atoms with Crippen LogP contribution in [0.1, 0.15) is 0 Å². The van der Waals surface area contributed by atoms with Gasteiger partial charge in [0.1, 0.15) is 0 Å². The lowest BCUT2D eigenvalue weighted by atomic mass is 10.2. The smallest absolute Gasteiger partial charge is 0.321 e. The van der Waals surface area contributed by atoms with Gasteiger partial charge in [-0.05, 0) is 24.3 Å². The monoisotopic (exact) mass is 395 g/mol. The maximum absolute atomic E-state index is 12.7. The van der Waals surface area contributed by atoms with Crippen molar-refractivity contribution in [1.29, 1.82) is 0 Å². The number of imidazole rings is 1. The molecular weight excluding hydrogens is 370 g/mol. The Kier molecular flexibility index (Phi) is 5.16. The van der Waals surface area contributed by atoms with Crippen molar-refractivity contribution in [2.45, 2.75) is 0 Å². The Morgan fingerprint density at radius 3 is 2.41 bits per heavy atom. The first kappa shape index (κ1) is 18.9. The SMILES string of the molecule is COc1ccc(NC(=O)N2CCN(c3nc4ccccc4n3C)CC2)cc1OC. The van der Waals surface area contributed by atoms with Gasteiger partial charge in [0.05, 0.1) is 25.3 Å². The molecule has 2 amide bonds. The highest BCUT2D eigenvalue weighted by Crippen LogP contribution is 2.30. The van der Waals surface area contributed by atoms with E-state index >= 15 is 0 Å². The standard InChI is InChI=1S/C21H25N5O3/c1-24-17-7-5-4-6-16(17)23-20(24)25-10-12-26(13-11-25)21(27)22-15-8-9-18(28-2)19(14-15)29-3/h4-9,14H,10-13H2,1-3H3,(H,22,27). The number of benzene rings is 2. The second-order valence-corrected chi connectivity index (χ2v) is 6.93. The van der Waals surface area contributed by atoms with Crippen molar-refractivity contribution < 1.29 is 14.3 Å². The van der Waals surface area contributed by atoms with Gasteiger partial charge in [-0.25, -0.2) is 9.78 Å². The van der Waals surface area contributed by atoms with Crippen LogP contribution in [-0.2, 0) is 7.05 Å². The lowest BCUT2D eigenvalue weighted by Gasteiger charge is -2.35. The number of amides is 2. The molecule has 0 atom stereocenters. The Hall–Kier alpha value is -3.42. The molecule has 1 aliphatic heterocycles. The fourth-order valence-corrected chi connectivity index (χ4v) is 3.64. The van der Waals surface area contributed by atoms with Crippen LogP contribution in [0.25, 0.3) is 11.0 Å². The van der Waals surface area contributed by atoms with Crippen LogP contribution < -0.4 is 19.7 Å². The van der Waals surface area contributed by atoms with Crippen molar-refractivity contribution in [3.8, 4) is 11.5 Å². The van der Waals surface area contributed by atoms with Gasteiger partial charge in [-0.1, -0.05) is 12.1 Å². The van der Waals surface area contributed by atoms with Crippen molar-refractivity contribution >= 4 is 28.7 Å². The molecule has 0 saturated carbocycles. The van der Waals surface area contributed by atoms with Crippen molar-refractivity contribution in [3.63, 3.8) is 0 Å². The van der Waals surface area contributed by atoms with Crippen LogP contribution in [0.4, 0.5) is 16.4 Å². The molecule has 4 rings (SSSR count). The number of anilines is 2. The van der Waals surface area contributed by atoms with E-state index in [9.17, 15) is 4.79 Å². The molecule has 0 radical (unpaired) electrons. The fourth-order valence-electron chi connectivity index (χ4n) is 3.64. The first-order valence-electron chi connectivity index (χ1n) is 9.55. The first-order valence-corrected chi connectivity index (χ1v) is 9.55. The zero-order chi connectivity index (χ0) is 20.4. The molecule has 1 fully saturated rings. The molecule has 2 heterocycles. The first-order chi connectivity index (χ1) is 14.1.